The van der Waals surface area contributed by atoms with E-state index in [1.807, 2.05) is 0 Å². The average molecular weight is 287 g/mol. The highest BCUT2D eigenvalue weighted by Crippen LogP contribution is 2.21. The molecule has 1 aromatic rings. The van der Waals surface area contributed by atoms with Gasteiger partial charge in [0.25, 0.3) is 0 Å². The van der Waals surface area contributed by atoms with Crippen LogP contribution < -0.4 is 4.72 Å². The third-order valence-electron chi connectivity index (χ3n) is 3.35. The Bertz CT molecular complexity index is 504. The summed E-state index contributed by atoms with van der Waals surface area (Å²) < 4.78 is 40.1. The van der Waals surface area contributed by atoms with Gasteiger partial charge in [0, 0.05) is 6.54 Å². The van der Waals surface area contributed by atoms with Crippen LogP contribution in [0, 0.1) is 23.6 Å². The van der Waals surface area contributed by atoms with Gasteiger partial charge in [-0.3, -0.25) is 0 Å². The van der Waals surface area contributed by atoms with E-state index in [-0.39, 0.29) is 10.8 Å². The van der Waals surface area contributed by atoms with Gasteiger partial charge in [-0.2, -0.15) is 0 Å². The first kappa shape index (κ1) is 16.1. The van der Waals surface area contributed by atoms with Crippen LogP contribution in [-0.4, -0.2) is 15.0 Å². The van der Waals surface area contributed by atoms with Crippen molar-refractivity contribution in [1.82, 2.24) is 4.72 Å². The molecule has 0 spiro atoms. The molecular weight excluding hydrogens is 265 g/mol. The molecular formula is C14H22FNO2S. The van der Waals surface area contributed by atoms with Crippen molar-refractivity contribution in [3.05, 3.63) is 30.1 Å². The molecule has 0 amide bonds. The van der Waals surface area contributed by atoms with Crippen molar-refractivity contribution in [2.45, 2.75) is 32.6 Å². The molecule has 108 valence electrons. The molecule has 0 heterocycles. The Kier molecular flexibility index (Phi) is 5.50. The molecule has 0 atom stereocenters. The first-order valence-corrected chi connectivity index (χ1v) is 7.98. The van der Waals surface area contributed by atoms with Crippen LogP contribution in [0.15, 0.2) is 29.2 Å². The predicted molar refractivity (Wildman–Crippen MR) is 74.8 cm³/mol. The van der Waals surface area contributed by atoms with Crippen LogP contribution in [-0.2, 0) is 10.0 Å². The predicted octanol–water partition coefficient (Wildman–Crippen LogP) is 3.03. The number of hydrogen-bond acceptors (Lipinski definition) is 2. The molecule has 1 N–H and O–H groups in total. The van der Waals surface area contributed by atoms with E-state index in [1.54, 1.807) is 0 Å². The lowest BCUT2D eigenvalue weighted by atomic mass is 9.86. The van der Waals surface area contributed by atoms with Crippen molar-refractivity contribution >= 4 is 10.0 Å². The van der Waals surface area contributed by atoms with Gasteiger partial charge in [0.15, 0.2) is 0 Å². The second kappa shape index (κ2) is 6.48. The third kappa shape index (κ3) is 4.28. The molecule has 3 nitrogen and oxygen atoms in total. The van der Waals surface area contributed by atoms with Gasteiger partial charge in [-0.25, -0.2) is 17.5 Å². The maximum Gasteiger partial charge on any atom is 0.243 e. The largest absolute Gasteiger partial charge is 0.243 e. The third-order valence-corrected chi connectivity index (χ3v) is 4.80. The smallest absolute Gasteiger partial charge is 0.211 e. The second-order valence-electron chi connectivity index (χ2n) is 5.43. The lowest BCUT2D eigenvalue weighted by molar-refractivity contribution is 0.289. The summed E-state index contributed by atoms with van der Waals surface area (Å²) in [4.78, 5) is -0.290. The zero-order chi connectivity index (χ0) is 14.6. The fourth-order valence-corrected chi connectivity index (χ4v) is 3.34. The molecule has 0 aromatic heterocycles. The normalized spacial score (nSPS) is 12.6. The fourth-order valence-electron chi connectivity index (χ4n) is 2.19. The highest BCUT2D eigenvalue weighted by molar-refractivity contribution is 7.89. The summed E-state index contributed by atoms with van der Waals surface area (Å²) in [5, 5.41) is 0. The Morgan fingerprint density at radius 3 is 2.11 bits per heavy atom. The standard InChI is InChI=1S/C14H22FNO2S/c1-10(2)12(11(3)4)9-16-19(17,18)14-8-6-5-7-13(14)15/h5-8,10-12,16H,9H2,1-4H3. The van der Waals surface area contributed by atoms with Gasteiger partial charge in [0.05, 0.1) is 0 Å². The summed E-state index contributed by atoms with van der Waals surface area (Å²) in [7, 11) is -3.78. The molecule has 0 saturated carbocycles. The molecule has 0 radical (unpaired) electrons. The van der Waals surface area contributed by atoms with Crippen LogP contribution in [0.4, 0.5) is 4.39 Å². The van der Waals surface area contributed by atoms with E-state index in [4.69, 9.17) is 0 Å². The van der Waals surface area contributed by atoms with Gasteiger partial charge >= 0.3 is 0 Å². The van der Waals surface area contributed by atoms with E-state index in [0.29, 0.717) is 18.4 Å². The van der Waals surface area contributed by atoms with E-state index in [2.05, 4.69) is 32.4 Å². The minimum Gasteiger partial charge on any atom is -0.211 e. The average Bonchev–Trinajstić information content (AvgIpc) is 2.28. The van der Waals surface area contributed by atoms with Crippen LogP contribution in [0.1, 0.15) is 27.7 Å². The topological polar surface area (TPSA) is 46.2 Å². The number of benzene rings is 1. The maximum absolute atomic E-state index is 13.5. The summed E-state index contributed by atoms with van der Waals surface area (Å²) in [6, 6.07) is 5.41. The van der Waals surface area contributed by atoms with Crippen LogP contribution in [0.2, 0.25) is 0 Å². The molecule has 1 rings (SSSR count). The van der Waals surface area contributed by atoms with Gasteiger partial charge in [-0.1, -0.05) is 39.8 Å². The van der Waals surface area contributed by atoms with Gasteiger partial charge < -0.3 is 0 Å². The van der Waals surface area contributed by atoms with E-state index in [0.717, 1.165) is 6.07 Å². The summed E-state index contributed by atoms with van der Waals surface area (Å²) in [5.74, 6) is 0.230. The molecule has 19 heavy (non-hydrogen) atoms. The van der Waals surface area contributed by atoms with Crippen molar-refractivity contribution in [2.75, 3.05) is 6.54 Å². The number of halogens is 1. The van der Waals surface area contributed by atoms with Crippen molar-refractivity contribution in [2.24, 2.45) is 17.8 Å². The molecule has 5 heteroatoms. The molecule has 1 aromatic carbocycles. The Hall–Kier alpha value is -0.940. The van der Waals surface area contributed by atoms with Crippen LogP contribution in [0.5, 0.6) is 0 Å². The summed E-state index contributed by atoms with van der Waals surface area (Å²) in [5.41, 5.74) is 0. The van der Waals surface area contributed by atoms with E-state index in [9.17, 15) is 12.8 Å². The molecule has 0 aliphatic heterocycles. The SMILES string of the molecule is CC(C)C(CNS(=O)(=O)c1ccccc1F)C(C)C. The Morgan fingerprint density at radius 2 is 1.63 bits per heavy atom. The molecule has 0 aliphatic rings. The van der Waals surface area contributed by atoms with Crippen molar-refractivity contribution in [3.63, 3.8) is 0 Å². The monoisotopic (exact) mass is 287 g/mol. The van der Waals surface area contributed by atoms with Crippen molar-refractivity contribution < 1.29 is 12.8 Å². The van der Waals surface area contributed by atoms with Gasteiger partial charge in [0.2, 0.25) is 10.0 Å². The van der Waals surface area contributed by atoms with Gasteiger partial charge in [-0.15, -0.1) is 0 Å². The van der Waals surface area contributed by atoms with E-state index in [1.165, 1.54) is 18.2 Å². The van der Waals surface area contributed by atoms with Crippen molar-refractivity contribution in [3.8, 4) is 0 Å². The lowest BCUT2D eigenvalue weighted by Crippen LogP contribution is -2.34. The van der Waals surface area contributed by atoms with E-state index < -0.39 is 15.8 Å². The highest BCUT2D eigenvalue weighted by Gasteiger charge is 2.23. The van der Waals surface area contributed by atoms with Crippen molar-refractivity contribution in [1.29, 1.82) is 0 Å². The van der Waals surface area contributed by atoms with Gasteiger partial charge in [-0.05, 0) is 29.9 Å². The van der Waals surface area contributed by atoms with Crippen LogP contribution in [0.3, 0.4) is 0 Å². The highest BCUT2D eigenvalue weighted by atomic mass is 32.2. The zero-order valence-corrected chi connectivity index (χ0v) is 12.7. The molecule has 0 bridgehead atoms. The molecule has 0 unspecified atom stereocenters. The quantitative estimate of drug-likeness (QED) is 0.874. The Balaban J connectivity index is 2.84. The lowest BCUT2D eigenvalue weighted by Gasteiger charge is -2.25. The summed E-state index contributed by atoms with van der Waals surface area (Å²) >= 11 is 0. The summed E-state index contributed by atoms with van der Waals surface area (Å²) in [6.45, 7) is 8.56. The minimum absolute atomic E-state index is 0.224. The Labute approximate surface area is 115 Å². The zero-order valence-electron chi connectivity index (χ0n) is 11.9. The summed E-state index contributed by atoms with van der Waals surface area (Å²) in [6.07, 6.45) is 0. The Morgan fingerprint density at radius 1 is 1.11 bits per heavy atom. The fraction of sp³-hybridized carbons (Fsp3) is 0.571. The minimum atomic E-state index is -3.78. The number of nitrogens with one attached hydrogen (secondary N) is 1. The van der Waals surface area contributed by atoms with Crippen LogP contribution in [0.25, 0.3) is 0 Å². The van der Waals surface area contributed by atoms with Crippen LogP contribution >= 0.6 is 0 Å². The number of hydrogen-bond donors (Lipinski definition) is 1. The number of sulfonamides is 1. The first-order valence-electron chi connectivity index (χ1n) is 6.50. The van der Waals surface area contributed by atoms with Gasteiger partial charge in [0.1, 0.15) is 10.7 Å². The van der Waals surface area contributed by atoms with E-state index >= 15 is 0 Å². The molecule has 0 fully saturated rings. The second-order valence-corrected chi connectivity index (χ2v) is 7.17. The molecule has 0 aliphatic carbocycles. The number of rotatable bonds is 6. The maximum atomic E-state index is 13.5. The first-order chi connectivity index (χ1) is 8.75. The molecule has 0 saturated heterocycles.